The Balaban J connectivity index is 1.84. The van der Waals surface area contributed by atoms with Crippen molar-refractivity contribution in [3.8, 4) is 0 Å². The van der Waals surface area contributed by atoms with Gasteiger partial charge in [-0.05, 0) is 25.8 Å². The highest BCUT2D eigenvalue weighted by Gasteiger charge is 2.26. The lowest BCUT2D eigenvalue weighted by atomic mass is 10.1. The van der Waals surface area contributed by atoms with Crippen LogP contribution in [0, 0.1) is 6.92 Å². The van der Waals surface area contributed by atoms with Crippen LogP contribution in [0.3, 0.4) is 0 Å². The van der Waals surface area contributed by atoms with E-state index in [9.17, 15) is 4.79 Å². The van der Waals surface area contributed by atoms with Gasteiger partial charge in [0.1, 0.15) is 0 Å². The first kappa shape index (κ1) is 13.1. The number of carbonyl (C=O) groups excluding carboxylic acids is 1. The van der Waals surface area contributed by atoms with Crippen molar-refractivity contribution in [2.45, 2.75) is 32.7 Å². The van der Waals surface area contributed by atoms with E-state index in [-0.39, 0.29) is 5.91 Å². The summed E-state index contributed by atoms with van der Waals surface area (Å²) in [6, 6.07) is 8.86. The number of carbonyl (C=O) groups is 1. The van der Waals surface area contributed by atoms with Gasteiger partial charge in [-0.25, -0.2) is 0 Å². The Morgan fingerprint density at radius 2 is 2.00 bits per heavy atom. The minimum Gasteiger partial charge on any atom is -0.337 e. The summed E-state index contributed by atoms with van der Waals surface area (Å²) in [5, 5.41) is 3.22. The number of hydrogen-bond acceptors (Lipinski definition) is 2. The van der Waals surface area contributed by atoms with Crippen LogP contribution in [0.4, 0.5) is 0 Å². The van der Waals surface area contributed by atoms with Crippen molar-refractivity contribution in [3.05, 3.63) is 35.4 Å². The van der Waals surface area contributed by atoms with Gasteiger partial charge in [-0.1, -0.05) is 29.8 Å². The largest absolute Gasteiger partial charge is 0.337 e. The lowest BCUT2D eigenvalue weighted by Crippen LogP contribution is -2.58. The fraction of sp³-hybridized carbons (Fsp3) is 0.533. The highest BCUT2D eigenvalue weighted by molar-refractivity contribution is 5.77. The maximum atomic E-state index is 12.1. The van der Waals surface area contributed by atoms with E-state index >= 15 is 0 Å². The van der Waals surface area contributed by atoms with Crippen molar-refractivity contribution in [1.29, 1.82) is 0 Å². The number of nitrogens with zero attached hydrogens (tertiary/aromatic N) is 1. The van der Waals surface area contributed by atoms with Crippen molar-refractivity contribution >= 4 is 5.91 Å². The number of hydrogen-bond donors (Lipinski definition) is 1. The van der Waals surface area contributed by atoms with Crippen LogP contribution < -0.4 is 5.32 Å². The van der Waals surface area contributed by atoms with Crippen molar-refractivity contribution in [2.24, 2.45) is 0 Å². The zero-order valence-electron chi connectivity index (χ0n) is 11.3. The molecule has 1 aliphatic rings. The van der Waals surface area contributed by atoms with Gasteiger partial charge >= 0.3 is 0 Å². The third-order valence-corrected chi connectivity index (χ3v) is 3.61. The van der Waals surface area contributed by atoms with Crippen molar-refractivity contribution in [2.75, 3.05) is 19.6 Å². The number of likely N-dealkylation sites (N-methyl/N-ethyl adjacent to an activating group) is 1. The second-order valence-electron chi connectivity index (χ2n) is 4.98. The molecule has 0 radical (unpaired) electrons. The smallest absolute Gasteiger partial charge is 0.223 e. The summed E-state index contributed by atoms with van der Waals surface area (Å²) in [7, 11) is 0. The van der Waals surface area contributed by atoms with Crippen LogP contribution in [0.15, 0.2) is 24.3 Å². The fourth-order valence-corrected chi connectivity index (χ4v) is 2.28. The molecular formula is C15H22N2O. The molecule has 0 saturated carbocycles. The summed E-state index contributed by atoms with van der Waals surface area (Å²) < 4.78 is 0. The van der Waals surface area contributed by atoms with Crippen LogP contribution in [0.2, 0.25) is 0 Å². The Hall–Kier alpha value is -1.35. The molecule has 3 nitrogen and oxygen atoms in total. The lowest BCUT2D eigenvalue weighted by Gasteiger charge is -2.37. The van der Waals surface area contributed by atoms with Gasteiger partial charge in [0.2, 0.25) is 5.91 Å². The van der Waals surface area contributed by atoms with Crippen LogP contribution in [-0.2, 0) is 11.2 Å². The second kappa shape index (κ2) is 6.01. The summed E-state index contributed by atoms with van der Waals surface area (Å²) in [5.74, 6) is 0.282. The van der Waals surface area contributed by atoms with E-state index in [0.29, 0.717) is 12.5 Å². The Bertz CT molecular complexity index is 395. The monoisotopic (exact) mass is 246 g/mol. The topological polar surface area (TPSA) is 32.3 Å². The number of rotatable bonds is 5. The standard InChI is InChI=1S/C15H22N2O/c1-3-17(14-10-16-11-14)15(18)9-8-13-6-4-12(2)5-7-13/h4-7,14,16H,3,8-11H2,1-2H3. The van der Waals surface area contributed by atoms with E-state index in [0.717, 1.165) is 26.1 Å². The molecule has 0 unspecified atom stereocenters. The number of benzene rings is 1. The average molecular weight is 246 g/mol. The minimum absolute atomic E-state index is 0.282. The molecule has 0 spiro atoms. The first-order valence-corrected chi connectivity index (χ1v) is 6.76. The number of amides is 1. The summed E-state index contributed by atoms with van der Waals surface area (Å²) >= 11 is 0. The van der Waals surface area contributed by atoms with Gasteiger partial charge in [0, 0.05) is 26.1 Å². The molecule has 0 bridgehead atoms. The maximum Gasteiger partial charge on any atom is 0.223 e. The van der Waals surface area contributed by atoms with E-state index in [2.05, 4.69) is 43.4 Å². The molecule has 1 aromatic rings. The second-order valence-corrected chi connectivity index (χ2v) is 4.98. The van der Waals surface area contributed by atoms with E-state index < -0.39 is 0 Å². The zero-order valence-corrected chi connectivity index (χ0v) is 11.3. The third kappa shape index (κ3) is 3.10. The predicted molar refractivity (Wildman–Crippen MR) is 73.5 cm³/mol. The molecule has 1 aromatic carbocycles. The lowest BCUT2D eigenvalue weighted by molar-refractivity contribution is -0.134. The van der Waals surface area contributed by atoms with E-state index in [4.69, 9.17) is 0 Å². The molecular weight excluding hydrogens is 224 g/mol. The minimum atomic E-state index is 0.282. The molecule has 18 heavy (non-hydrogen) atoms. The predicted octanol–water partition coefficient (Wildman–Crippen LogP) is 1.75. The Labute approximate surface area is 109 Å². The molecule has 1 aliphatic heterocycles. The molecule has 0 aromatic heterocycles. The molecule has 0 aliphatic carbocycles. The molecule has 0 atom stereocenters. The quantitative estimate of drug-likeness (QED) is 0.858. The highest BCUT2D eigenvalue weighted by Crippen LogP contribution is 2.10. The molecule has 1 heterocycles. The van der Waals surface area contributed by atoms with Gasteiger partial charge < -0.3 is 10.2 Å². The van der Waals surface area contributed by atoms with E-state index in [1.807, 2.05) is 4.90 Å². The van der Waals surface area contributed by atoms with E-state index in [1.54, 1.807) is 0 Å². The Morgan fingerprint density at radius 3 is 2.50 bits per heavy atom. The number of nitrogens with one attached hydrogen (secondary N) is 1. The zero-order chi connectivity index (χ0) is 13.0. The van der Waals surface area contributed by atoms with E-state index in [1.165, 1.54) is 11.1 Å². The third-order valence-electron chi connectivity index (χ3n) is 3.61. The molecule has 1 saturated heterocycles. The van der Waals surface area contributed by atoms with Crippen LogP contribution >= 0.6 is 0 Å². The first-order chi connectivity index (χ1) is 8.70. The normalized spacial score (nSPS) is 15.2. The summed E-state index contributed by atoms with van der Waals surface area (Å²) in [5.41, 5.74) is 2.51. The molecule has 3 heteroatoms. The molecule has 1 fully saturated rings. The molecule has 98 valence electrons. The number of aryl methyl sites for hydroxylation is 2. The first-order valence-electron chi connectivity index (χ1n) is 6.76. The van der Waals surface area contributed by atoms with Crippen LogP contribution in [0.5, 0.6) is 0 Å². The highest BCUT2D eigenvalue weighted by atomic mass is 16.2. The van der Waals surface area contributed by atoms with Crippen LogP contribution in [-0.4, -0.2) is 36.5 Å². The average Bonchev–Trinajstić information content (AvgIpc) is 2.32. The van der Waals surface area contributed by atoms with Crippen LogP contribution in [0.25, 0.3) is 0 Å². The molecule has 2 rings (SSSR count). The van der Waals surface area contributed by atoms with Crippen molar-refractivity contribution < 1.29 is 4.79 Å². The SMILES string of the molecule is CCN(C(=O)CCc1ccc(C)cc1)C1CNC1. The van der Waals surface area contributed by atoms with Gasteiger partial charge in [-0.3, -0.25) is 4.79 Å². The summed E-state index contributed by atoms with van der Waals surface area (Å²) in [4.78, 5) is 14.2. The van der Waals surface area contributed by atoms with Gasteiger partial charge in [0.05, 0.1) is 6.04 Å². The molecule has 1 N–H and O–H groups in total. The fourth-order valence-electron chi connectivity index (χ4n) is 2.28. The van der Waals surface area contributed by atoms with Crippen molar-refractivity contribution in [1.82, 2.24) is 10.2 Å². The summed E-state index contributed by atoms with van der Waals surface area (Å²) in [6.07, 6.45) is 1.46. The molecule has 1 amide bonds. The maximum absolute atomic E-state index is 12.1. The van der Waals surface area contributed by atoms with Crippen molar-refractivity contribution in [3.63, 3.8) is 0 Å². The summed E-state index contributed by atoms with van der Waals surface area (Å²) in [6.45, 7) is 6.85. The van der Waals surface area contributed by atoms with Crippen LogP contribution in [0.1, 0.15) is 24.5 Å². The van der Waals surface area contributed by atoms with Gasteiger partial charge in [0.15, 0.2) is 0 Å². The van der Waals surface area contributed by atoms with Gasteiger partial charge in [-0.2, -0.15) is 0 Å². The Kier molecular flexibility index (Phi) is 4.37. The van der Waals surface area contributed by atoms with Gasteiger partial charge in [0.25, 0.3) is 0 Å². The Morgan fingerprint density at radius 1 is 1.33 bits per heavy atom. The van der Waals surface area contributed by atoms with Gasteiger partial charge in [-0.15, -0.1) is 0 Å².